The van der Waals surface area contributed by atoms with E-state index < -0.39 is 0 Å². The number of carbonyl (C=O) groups excluding carboxylic acids is 1. The van der Waals surface area contributed by atoms with E-state index >= 15 is 0 Å². The summed E-state index contributed by atoms with van der Waals surface area (Å²) in [6, 6.07) is 5.54. The number of hydrogen-bond acceptors (Lipinski definition) is 3. The molecule has 16 heavy (non-hydrogen) atoms. The summed E-state index contributed by atoms with van der Waals surface area (Å²) in [6.45, 7) is 2.52. The summed E-state index contributed by atoms with van der Waals surface area (Å²) in [5.74, 6) is 0.948. The number of benzene rings is 1. The van der Waals surface area contributed by atoms with E-state index in [4.69, 9.17) is 5.73 Å². The van der Waals surface area contributed by atoms with Crippen LogP contribution in [0, 0.1) is 5.92 Å². The van der Waals surface area contributed by atoms with Gasteiger partial charge in [-0.2, -0.15) is 0 Å². The Morgan fingerprint density at radius 2 is 2.25 bits per heavy atom. The number of carbonyl (C=O) groups is 1. The van der Waals surface area contributed by atoms with Gasteiger partial charge in [-0.3, -0.25) is 4.79 Å². The van der Waals surface area contributed by atoms with Gasteiger partial charge in [0, 0.05) is 23.5 Å². The first-order chi connectivity index (χ1) is 7.66. The first kappa shape index (κ1) is 11.0. The molecule has 0 heterocycles. The van der Waals surface area contributed by atoms with Crippen molar-refractivity contribution >= 4 is 17.2 Å². The van der Waals surface area contributed by atoms with Gasteiger partial charge in [-0.15, -0.1) is 0 Å². The smallest absolute Gasteiger partial charge is 0.161 e. The molecule has 2 rings (SSSR count). The second kappa shape index (κ2) is 4.56. The van der Waals surface area contributed by atoms with E-state index in [0.717, 1.165) is 18.2 Å². The van der Waals surface area contributed by atoms with Crippen LogP contribution in [-0.4, -0.2) is 12.3 Å². The summed E-state index contributed by atoms with van der Waals surface area (Å²) in [5, 5.41) is 3.33. The molecule has 3 nitrogen and oxygen atoms in total. The summed E-state index contributed by atoms with van der Waals surface area (Å²) in [6.07, 6.45) is 3.99. The SMILES string of the molecule is CC(=O)c1ccc(NCCC2CC2)cc1N. The van der Waals surface area contributed by atoms with Crippen LogP contribution in [0.1, 0.15) is 36.5 Å². The fraction of sp³-hybridized carbons (Fsp3) is 0.462. The third kappa shape index (κ3) is 2.75. The molecule has 0 aliphatic heterocycles. The monoisotopic (exact) mass is 218 g/mol. The molecule has 1 aliphatic carbocycles. The molecule has 0 bridgehead atoms. The van der Waals surface area contributed by atoms with Crippen molar-refractivity contribution in [3.63, 3.8) is 0 Å². The number of anilines is 2. The molecule has 1 aromatic carbocycles. The maximum absolute atomic E-state index is 11.2. The molecule has 0 aromatic heterocycles. The average Bonchev–Trinajstić information content (AvgIpc) is 3.01. The van der Waals surface area contributed by atoms with E-state index in [9.17, 15) is 4.79 Å². The van der Waals surface area contributed by atoms with Crippen molar-refractivity contribution in [2.75, 3.05) is 17.6 Å². The van der Waals surface area contributed by atoms with Gasteiger partial charge in [-0.25, -0.2) is 0 Å². The predicted molar refractivity (Wildman–Crippen MR) is 66.7 cm³/mol. The van der Waals surface area contributed by atoms with Crippen LogP contribution in [0.5, 0.6) is 0 Å². The molecule has 1 fully saturated rings. The Bertz CT molecular complexity index is 397. The van der Waals surface area contributed by atoms with Gasteiger partial charge in [0.05, 0.1) is 0 Å². The molecule has 0 unspecified atom stereocenters. The zero-order chi connectivity index (χ0) is 11.5. The zero-order valence-corrected chi connectivity index (χ0v) is 9.62. The quantitative estimate of drug-likeness (QED) is 0.590. The maximum Gasteiger partial charge on any atom is 0.161 e. The molecule has 1 saturated carbocycles. The van der Waals surface area contributed by atoms with E-state index in [2.05, 4.69) is 5.32 Å². The molecule has 3 N–H and O–H groups in total. The van der Waals surface area contributed by atoms with Crippen molar-refractivity contribution in [1.82, 2.24) is 0 Å². The third-order valence-electron chi connectivity index (χ3n) is 3.01. The lowest BCUT2D eigenvalue weighted by atomic mass is 10.1. The molecule has 86 valence electrons. The highest BCUT2D eigenvalue weighted by molar-refractivity contribution is 5.99. The molecular weight excluding hydrogens is 200 g/mol. The number of nitrogen functional groups attached to an aromatic ring is 1. The van der Waals surface area contributed by atoms with E-state index in [1.165, 1.54) is 26.2 Å². The van der Waals surface area contributed by atoms with Crippen molar-refractivity contribution in [2.45, 2.75) is 26.2 Å². The van der Waals surface area contributed by atoms with E-state index in [-0.39, 0.29) is 5.78 Å². The number of hydrogen-bond donors (Lipinski definition) is 2. The van der Waals surface area contributed by atoms with Gasteiger partial charge in [0.2, 0.25) is 0 Å². The number of ketones is 1. The molecular formula is C13H18N2O. The summed E-state index contributed by atoms with van der Waals surface area (Å²) in [4.78, 5) is 11.2. The molecule has 3 heteroatoms. The highest BCUT2D eigenvalue weighted by Gasteiger charge is 2.20. The van der Waals surface area contributed by atoms with Crippen LogP contribution in [0.2, 0.25) is 0 Å². The molecule has 1 aromatic rings. The van der Waals surface area contributed by atoms with Gasteiger partial charge in [-0.1, -0.05) is 12.8 Å². The second-order valence-corrected chi connectivity index (χ2v) is 4.52. The second-order valence-electron chi connectivity index (χ2n) is 4.52. The summed E-state index contributed by atoms with van der Waals surface area (Å²) in [7, 11) is 0. The van der Waals surface area contributed by atoms with E-state index in [1.807, 2.05) is 12.1 Å². The van der Waals surface area contributed by atoms with Gasteiger partial charge < -0.3 is 11.1 Å². The van der Waals surface area contributed by atoms with Crippen LogP contribution >= 0.6 is 0 Å². The minimum atomic E-state index is 0.0158. The fourth-order valence-corrected chi connectivity index (χ4v) is 1.82. The lowest BCUT2D eigenvalue weighted by molar-refractivity contribution is 0.101. The summed E-state index contributed by atoms with van der Waals surface area (Å²) < 4.78 is 0. The van der Waals surface area contributed by atoms with Gasteiger partial charge in [0.1, 0.15) is 0 Å². The van der Waals surface area contributed by atoms with Crippen LogP contribution in [0.3, 0.4) is 0 Å². The highest BCUT2D eigenvalue weighted by Crippen LogP contribution is 2.32. The third-order valence-corrected chi connectivity index (χ3v) is 3.01. The van der Waals surface area contributed by atoms with Crippen molar-refractivity contribution in [2.24, 2.45) is 5.92 Å². The molecule has 0 saturated heterocycles. The molecule has 0 radical (unpaired) electrons. The van der Waals surface area contributed by atoms with E-state index in [1.54, 1.807) is 6.07 Å². The Labute approximate surface area is 96.0 Å². The largest absolute Gasteiger partial charge is 0.398 e. The lowest BCUT2D eigenvalue weighted by Crippen LogP contribution is -2.05. The van der Waals surface area contributed by atoms with Crippen LogP contribution in [0.15, 0.2) is 18.2 Å². The van der Waals surface area contributed by atoms with Gasteiger partial charge >= 0.3 is 0 Å². The number of nitrogens with two attached hydrogens (primary N) is 1. The van der Waals surface area contributed by atoms with E-state index in [0.29, 0.717) is 11.3 Å². The molecule has 0 atom stereocenters. The van der Waals surface area contributed by atoms with Crippen LogP contribution in [-0.2, 0) is 0 Å². The number of Topliss-reactive ketones (excluding diaryl/α,β-unsaturated/α-hetero) is 1. The van der Waals surface area contributed by atoms with Gasteiger partial charge in [0.25, 0.3) is 0 Å². The Morgan fingerprint density at radius 3 is 2.81 bits per heavy atom. The zero-order valence-electron chi connectivity index (χ0n) is 9.62. The van der Waals surface area contributed by atoms with Crippen LogP contribution < -0.4 is 11.1 Å². The first-order valence-electron chi connectivity index (χ1n) is 5.81. The van der Waals surface area contributed by atoms with Crippen LogP contribution in [0.25, 0.3) is 0 Å². The fourth-order valence-electron chi connectivity index (χ4n) is 1.82. The number of nitrogens with one attached hydrogen (secondary N) is 1. The average molecular weight is 218 g/mol. The Morgan fingerprint density at radius 1 is 1.50 bits per heavy atom. The van der Waals surface area contributed by atoms with Gasteiger partial charge in [-0.05, 0) is 37.5 Å². The molecule has 0 spiro atoms. The molecule has 1 aliphatic rings. The van der Waals surface area contributed by atoms with Crippen molar-refractivity contribution < 1.29 is 4.79 Å². The number of rotatable bonds is 5. The van der Waals surface area contributed by atoms with Crippen molar-refractivity contribution in [1.29, 1.82) is 0 Å². The Kier molecular flexibility index (Phi) is 3.13. The van der Waals surface area contributed by atoms with Crippen molar-refractivity contribution in [3.8, 4) is 0 Å². The van der Waals surface area contributed by atoms with Crippen LogP contribution in [0.4, 0.5) is 11.4 Å². The highest BCUT2D eigenvalue weighted by atomic mass is 16.1. The normalized spacial score (nSPS) is 14.8. The minimum Gasteiger partial charge on any atom is -0.398 e. The minimum absolute atomic E-state index is 0.0158. The Balaban J connectivity index is 1.93. The van der Waals surface area contributed by atoms with Crippen molar-refractivity contribution in [3.05, 3.63) is 23.8 Å². The first-order valence-corrected chi connectivity index (χ1v) is 5.81. The lowest BCUT2D eigenvalue weighted by Gasteiger charge is -2.08. The Hall–Kier alpha value is -1.51. The summed E-state index contributed by atoms with van der Waals surface area (Å²) in [5.41, 5.74) is 7.97. The molecule has 0 amide bonds. The topological polar surface area (TPSA) is 55.1 Å². The predicted octanol–water partition coefficient (Wildman–Crippen LogP) is 2.68. The standard InChI is InChI=1S/C13H18N2O/c1-9(16)12-5-4-11(8-13(12)14)15-7-6-10-2-3-10/h4-5,8,10,15H,2-3,6-7,14H2,1H3. The van der Waals surface area contributed by atoms with Gasteiger partial charge in [0.15, 0.2) is 5.78 Å². The summed E-state index contributed by atoms with van der Waals surface area (Å²) >= 11 is 0. The maximum atomic E-state index is 11.2.